The zero-order valence-corrected chi connectivity index (χ0v) is 28.3. The van der Waals surface area contributed by atoms with Crippen molar-refractivity contribution in [3.8, 4) is 44.5 Å². The lowest BCUT2D eigenvalue weighted by Gasteiger charge is -2.23. The maximum atomic E-state index is 9.36. The summed E-state index contributed by atoms with van der Waals surface area (Å²) in [7, 11) is 0. The van der Waals surface area contributed by atoms with Crippen molar-refractivity contribution in [1.82, 2.24) is 0 Å². The first-order valence-electron chi connectivity index (χ1n) is 26.3. The quantitative estimate of drug-likeness (QED) is 0.162. The van der Waals surface area contributed by atoms with Crippen LogP contribution in [0.5, 0.6) is 0 Å². The van der Waals surface area contributed by atoms with Crippen LogP contribution >= 0.6 is 0 Å². The van der Waals surface area contributed by atoms with Crippen LogP contribution in [0.3, 0.4) is 0 Å². The summed E-state index contributed by atoms with van der Waals surface area (Å²) >= 11 is 0. The summed E-state index contributed by atoms with van der Waals surface area (Å²) in [6.45, 7) is 4.09. The van der Waals surface area contributed by atoms with Gasteiger partial charge in [-0.15, -0.1) is 0 Å². The minimum Gasteiger partial charge on any atom is -0.0610 e. The van der Waals surface area contributed by atoms with Crippen LogP contribution < -0.4 is 0 Å². The third kappa shape index (κ3) is 3.96. The van der Waals surface area contributed by atoms with E-state index < -0.39 is 77.9 Å². The molecular weight excluding hydrogens is 637 g/mol. The molecule has 0 heterocycles. The van der Waals surface area contributed by atoms with Crippen LogP contribution in [-0.4, -0.2) is 0 Å². The molecule has 0 N–H and O–H groups in total. The molecule has 0 saturated heterocycles. The molecule has 246 valence electrons. The van der Waals surface area contributed by atoms with E-state index in [1.54, 1.807) is 18.2 Å². The molecule has 0 saturated carbocycles. The van der Waals surface area contributed by atoms with Crippen molar-refractivity contribution < 1.29 is 24.7 Å². The normalized spacial score (nSPS) is 18.4. The lowest BCUT2D eigenvalue weighted by atomic mass is 9.80. The Morgan fingerprint density at radius 1 is 0.358 bits per heavy atom. The second-order valence-electron chi connectivity index (χ2n) is 14.2. The molecule has 0 radical (unpaired) electrons. The van der Waals surface area contributed by atoms with Gasteiger partial charge in [-0.2, -0.15) is 0 Å². The molecule has 11 aromatic carbocycles. The molecular formula is C53H34. The zero-order valence-electron chi connectivity index (χ0n) is 46.3. The molecule has 53 heavy (non-hydrogen) atoms. The number of hydrogen-bond acceptors (Lipinski definition) is 0. The highest BCUT2D eigenvalue weighted by atomic mass is 14.4. The highest BCUT2D eigenvalue weighted by Crippen LogP contribution is 2.51. The van der Waals surface area contributed by atoms with Crippen LogP contribution in [0.2, 0.25) is 0 Å². The van der Waals surface area contributed by atoms with Gasteiger partial charge in [-0.3, -0.25) is 0 Å². The second kappa shape index (κ2) is 10.3. The maximum absolute atomic E-state index is 9.36. The smallest absolute Gasteiger partial charge is 0.0610 e. The highest BCUT2D eigenvalue weighted by Gasteiger charge is 2.36. The Labute approximate surface area is 333 Å². The average Bonchev–Trinajstić information content (AvgIpc) is 3.57. The number of rotatable bonds is 3. The van der Waals surface area contributed by atoms with Gasteiger partial charge in [0.2, 0.25) is 0 Å². The van der Waals surface area contributed by atoms with E-state index in [-0.39, 0.29) is 112 Å². The van der Waals surface area contributed by atoms with Crippen LogP contribution in [-0.2, 0) is 5.41 Å². The van der Waals surface area contributed by atoms with Crippen molar-refractivity contribution in [2.24, 2.45) is 0 Å². The highest BCUT2D eigenvalue weighted by molar-refractivity contribution is 6.26. The predicted octanol–water partition coefficient (Wildman–Crippen LogP) is 14.8. The molecule has 0 aliphatic heterocycles. The lowest BCUT2D eigenvalue weighted by Crippen LogP contribution is -2.15. The van der Waals surface area contributed by atoms with Crippen LogP contribution in [0.25, 0.3) is 109 Å². The van der Waals surface area contributed by atoms with E-state index >= 15 is 0 Å². The topological polar surface area (TPSA) is 0 Å². The first-order chi connectivity index (χ1) is 33.5. The lowest BCUT2D eigenvalue weighted by molar-refractivity contribution is 0.661. The summed E-state index contributed by atoms with van der Waals surface area (Å²) in [5.41, 5.74) is 5.61. The van der Waals surface area contributed by atoms with E-state index in [0.717, 1.165) is 27.8 Å². The SMILES string of the molecule is [2H]c1c([2H])c2c([2H])c([2H])c3c([2H])c([2H])c(-c4cccc(-c5ccc6c(c5)C(C)(C)c5cc(-c7c([2H])c([2H])c8c([2H])c([2H])c9c([2H])c([2H])c([2H])c%10c([2H])c([2H])c7c8c9%10)ccc5-6)c4)c4c([2H])c([2H])c(c1[2H])c2c34. The summed E-state index contributed by atoms with van der Waals surface area (Å²) in [6, 6.07) is 11.1. The monoisotopic (exact) mass is 688 g/mol. The van der Waals surface area contributed by atoms with Crippen LogP contribution in [0, 0.1) is 0 Å². The van der Waals surface area contributed by atoms with E-state index in [0.29, 0.717) is 16.7 Å². The van der Waals surface area contributed by atoms with Gasteiger partial charge in [0, 0.05) is 5.41 Å². The third-order valence-electron chi connectivity index (χ3n) is 11.1. The average molecular weight is 689 g/mol. The Balaban J connectivity index is 1.03. The Hall–Kier alpha value is -6.50. The minimum absolute atomic E-state index is 0.0760. The number of hydrogen-bond donors (Lipinski definition) is 0. The molecule has 0 spiro atoms. The predicted molar refractivity (Wildman–Crippen MR) is 228 cm³/mol. The van der Waals surface area contributed by atoms with Gasteiger partial charge in [0.1, 0.15) is 0 Å². The minimum atomic E-state index is -0.685. The Morgan fingerprint density at radius 2 is 0.755 bits per heavy atom. The van der Waals surface area contributed by atoms with Gasteiger partial charge in [-0.1, -0.05) is 165 Å². The fourth-order valence-corrected chi connectivity index (χ4v) is 8.48. The molecule has 0 aromatic heterocycles. The molecule has 0 bridgehead atoms. The van der Waals surface area contributed by atoms with E-state index in [2.05, 4.69) is 0 Å². The second-order valence-corrected chi connectivity index (χ2v) is 14.2. The molecule has 0 fully saturated rings. The first-order valence-corrected chi connectivity index (χ1v) is 17.3. The Kier molecular flexibility index (Phi) is 3.28. The molecule has 1 aliphatic rings. The van der Waals surface area contributed by atoms with Gasteiger partial charge in [0.25, 0.3) is 0 Å². The van der Waals surface area contributed by atoms with Gasteiger partial charge in [-0.25, -0.2) is 0 Å². The van der Waals surface area contributed by atoms with Gasteiger partial charge >= 0.3 is 0 Å². The summed E-state index contributed by atoms with van der Waals surface area (Å²) in [5.74, 6) is 0. The largest absolute Gasteiger partial charge is 0.0630 e. The molecule has 0 unspecified atom stereocenters. The summed E-state index contributed by atoms with van der Waals surface area (Å²) in [6.07, 6.45) is 0. The van der Waals surface area contributed by atoms with Crippen molar-refractivity contribution >= 4 is 64.6 Å². The van der Waals surface area contributed by atoms with E-state index in [1.165, 1.54) is 0 Å². The Morgan fingerprint density at radius 3 is 1.30 bits per heavy atom. The number of benzene rings is 11. The summed E-state index contributed by atoms with van der Waals surface area (Å²) in [4.78, 5) is 0. The zero-order chi connectivity index (χ0) is 50.7. The van der Waals surface area contributed by atoms with Gasteiger partial charge < -0.3 is 0 Å². The van der Waals surface area contributed by atoms with Crippen molar-refractivity contribution in [3.63, 3.8) is 0 Å². The summed E-state index contributed by atoms with van der Waals surface area (Å²) < 4.78 is 161. The third-order valence-corrected chi connectivity index (χ3v) is 11.1. The van der Waals surface area contributed by atoms with Gasteiger partial charge in [-0.05, 0) is 138 Å². The van der Waals surface area contributed by atoms with E-state index in [9.17, 15) is 8.22 Å². The molecule has 1 aliphatic carbocycles. The van der Waals surface area contributed by atoms with Crippen molar-refractivity contribution in [2.45, 2.75) is 19.3 Å². The fraction of sp³-hybridized carbons (Fsp3) is 0.0566. The summed E-state index contributed by atoms with van der Waals surface area (Å²) in [5, 5.41) is -0.0724. The Bertz CT molecular complexity index is 4290. The molecule has 11 aromatic rings. The van der Waals surface area contributed by atoms with Crippen molar-refractivity contribution in [3.05, 3.63) is 181 Å². The van der Waals surface area contributed by atoms with Crippen LogP contribution in [0.15, 0.2) is 169 Å². The molecule has 0 nitrogen and oxygen atoms in total. The number of fused-ring (bicyclic) bond motifs is 3. The van der Waals surface area contributed by atoms with Crippen LogP contribution in [0.1, 0.15) is 49.6 Å². The van der Waals surface area contributed by atoms with Crippen molar-refractivity contribution in [1.29, 1.82) is 0 Å². The van der Waals surface area contributed by atoms with Gasteiger partial charge in [0.15, 0.2) is 0 Å². The van der Waals surface area contributed by atoms with Crippen LogP contribution in [0.4, 0.5) is 0 Å². The standard InChI is InChI=1S/C53H34/c1-53(2)47-29-38(37-10-5-11-39(28-37)41-22-16-35-14-12-31-6-3-8-33-18-26-45(41)51(35)49(31)33)20-24-43(47)44-25-21-40(30-48(44)53)42-23-17-36-15-13-32-7-4-9-34-19-27-46(42)52(36)50(32)34/h3-30H,1-2H3/i3D,4D,6D,7D,8D,9D,12D,13D,14D,15D,16D,17D,18D,19D,22D,23D,26D,27D. The molecule has 0 atom stereocenters. The van der Waals surface area contributed by atoms with Gasteiger partial charge in [0.05, 0.1) is 24.7 Å². The first kappa shape index (κ1) is 16.9. The fourth-order valence-electron chi connectivity index (χ4n) is 8.48. The van der Waals surface area contributed by atoms with Crippen molar-refractivity contribution in [2.75, 3.05) is 0 Å². The molecule has 0 amide bonds. The maximum Gasteiger partial charge on any atom is 0.0630 e. The van der Waals surface area contributed by atoms with E-state index in [4.69, 9.17) is 16.4 Å². The molecule has 12 rings (SSSR count). The molecule has 0 heteroatoms. The van der Waals surface area contributed by atoms with E-state index in [1.807, 2.05) is 56.3 Å².